The van der Waals surface area contributed by atoms with Gasteiger partial charge in [-0.3, -0.25) is 24.6 Å². The van der Waals surface area contributed by atoms with Gasteiger partial charge in [-0.2, -0.15) is 0 Å². The Bertz CT molecular complexity index is 1410. The minimum atomic E-state index is -0.644. The number of hydrogen-bond acceptors (Lipinski definition) is 13. The third kappa shape index (κ3) is 34.7. The fourth-order valence-electron chi connectivity index (χ4n) is 5.30. The van der Waals surface area contributed by atoms with Gasteiger partial charge in [-0.25, -0.2) is 20.0 Å². The molecular weight excluding hydrogens is 805 g/mol. The first-order chi connectivity index (χ1) is 29.9. The van der Waals surface area contributed by atoms with Gasteiger partial charge in [-0.1, -0.05) is 31.9 Å². The lowest BCUT2D eigenvalue weighted by atomic mass is 10.1. The van der Waals surface area contributed by atoms with Crippen LogP contribution in [0.15, 0.2) is 31.0 Å². The normalized spacial score (nSPS) is 10.9. The summed E-state index contributed by atoms with van der Waals surface area (Å²) in [6, 6.07) is 3.17. The highest BCUT2D eigenvalue weighted by molar-refractivity contribution is 5.94. The fraction of sp³-hybridized carbons (Fsp3) is 0.698. The molecule has 19 nitrogen and oxygen atoms in total. The largest absolute Gasteiger partial charge is 0.445 e. The minimum Gasteiger partial charge on any atom is -0.445 e. The van der Waals surface area contributed by atoms with Crippen molar-refractivity contribution in [1.82, 2.24) is 37.0 Å². The predicted molar refractivity (Wildman–Crippen MR) is 235 cm³/mol. The Hall–Kier alpha value is -5.01. The lowest BCUT2D eigenvalue weighted by molar-refractivity contribution is -0.122. The van der Waals surface area contributed by atoms with Crippen LogP contribution in [-0.2, 0) is 38.1 Å². The molecule has 1 rings (SSSR count). The van der Waals surface area contributed by atoms with Crippen LogP contribution >= 0.6 is 0 Å². The molecule has 0 spiro atoms. The fourth-order valence-corrected chi connectivity index (χ4v) is 5.30. The highest BCUT2D eigenvalue weighted by Crippen LogP contribution is 2.08. The highest BCUT2D eigenvalue weighted by Gasteiger charge is 2.16. The molecule has 0 aromatic carbocycles. The second-order valence-corrected chi connectivity index (χ2v) is 15.3. The van der Waals surface area contributed by atoms with E-state index in [-0.39, 0.29) is 30.2 Å². The van der Waals surface area contributed by atoms with Crippen molar-refractivity contribution in [3.05, 3.63) is 36.5 Å². The Labute approximate surface area is 367 Å². The summed E-state index contributed by atoms with van der Waals surface area (Å²) < 4.78 is 26.4. The van der Waals surface area contributed by atoms with Crippen LogP contribution in [0.5, 0.6) is 0 Å². The number of carbonyl (C=O) groups is 6. The zero-order valence-electron chi connectivity index (χ0n) is 37.3. The number of amides is 6. The summed E-state index contributed by atoms with van der Waals surface area (Å²) in [4.78, 5) is 75.8. The molecule has 6 amide bonds. The first-order valence-electron chi connectivity index (χ1n) is 21.9. The van der Waals surface area contributed by atoms with Gasteiger partial charge < -0.3 is 50.3 Å². The zero-order chi connectivity index (χ0) is 45.5. The Morgan fingerprint density at radius 3 is 1.52 bits per heavy atom. The van der Waals surface area contributed by atoms with E-state index in [2.05, 4.69) is 49.0 Å². The van der Waals surface area contributed by atoms with E-state index < -0.39 is 17.8 Å². The topological polar surface area (TPSA) is 246 Å². The molecular formula is C43H74N8O11. The Morgan fingerprint density at radius 2 is 1.05 bits per heavy atom. The SMILES string of the molecule is C=CCOC(=O)NCCCOCCOCCOCCCNC(=O)CCCCCNC(=O)CCCCCNC(=O)CCCCCNC(=O)c1ccc(NNC(=O)OC(C)(C)C)nc1. The number of hydrogen-bond donors (Lipinski definition) is 7. The van der Waals surface area contributed by atoms with Crippen molar-refractivity contribution in [2.24, 2.45) is 0 Å². The van der Waals surface area contributed by atoms with E-state index in [1.807, 2.05) is 0 Å². The van der Waals surface area contributed by atoms with Crippen molar-refractivity contribution in [2.75, 3.05) is 84.4 Å². The molecule has 0 atom stereocenters. The molecule has 1 aromatic rings. The van der Waals surface area contributed by atoms with Crippen molar-refractivity contribution in [1.29, 1.82) is 0 Å². The lowest BCUT2D eigenvalue weighted by Crippen LogP contribution is -2.36. The van der Waals surface area contributed by atoms with Gasteiger partial charge in [0.25, 0.3) is 5.91 Å². The maximum atomic E-state index is 12.4. The summed E-state index contributed by atoms with van der Waals surface area (Å²) >= 11 is 0. The number of pyridine rings is 1. The summed E-state index contributed by atoms with van der Waals surface area (Å²) in [7, 11) is 0. The Morgan fingerprint density at radius 1 is 0.581 bits per heavy atom. The van der Waals surface area contributed by atoms with Crippen molar-refractivity contribution in [3.63, 3.8) is 0 Å². The molecule has 0 saturated carbocycles. The van der Waals surface area contributed by atoms with Crippen molar-refractivity contribution < 1.29 is 52.5 Å². The number of carbonyl (C=O) groups excluding carboxylic acids is 6. The van der Waals surface area contributed by atoms with Gasteiger partial charge in [0.05, 0.1) is 32.0 Å². The second kappa shape index (κ2) is 36.6. The summed E-state index contributed by atoms with van der Waals surface area (Å²) in [5.41, 5.74) is 4.77. The number of nitrogens with one attached hydrogen (secondary N) is 7. The molecule has 0 radical (unpaired) electrons. The van der Waals surface area contributed by atoms with Crippen LogP contribution in [0.1, 0.15) is 121 Å². The molecule has 0 bridgehead atoms. The maximum Gasteiger partial charge on any atom is 0.426 e. The molecule has 0 aliphatic carbocycles. The van der Waals surface area contributed by atoms with Crippen molar-refractivity contribution in [2.45, 2.75) is 116 Å². The van der Waals surface area contributed by atoms with Crippen LogP contribution in [-0.4, -0.2) is 125 Å². The summed E-state index contributed by atoms with van der Waals surface area (Å²) in [6.45, 7) is 14.5. The molecule has 1 aromatic heterocycles. The van der Waals surface area contributed by atoms with Crippen molar-refractivity contribution >= 4 is 41.6 Å². The lowest BCUT2D eigenvalue weighted by Gasteiger charge is -2.19. The number of alkyl carbamates (subject to hydrolysis) is 1. The summed E-state index contributed by atoms with van der Waals surface area (Å²) in [5.74, 6) is 0.129. The molecule has 0 aliphatic rings. The zero-order valence-corrected chi connectivity index (χ0v) is 37.3. The van der Waals surface area contributed by atoms with Crippen LogP contribution in [0.3, 0.4) is 0 Å². The maximum absolute atomic E-state index is 12.4. The van der Waals surface area contributed by atoms with E-state index in [1.165, 1.54) is 12.3 Å². The number of anilines is 1. The number of ether oxygens (including phenoxy) is 5. The molecule has 0 unspecified atom stereocenters. The van der Waals surface area contributed by atoms with Crippen LogP contribution in [0, 0.1) is 0 Å². The van der Waals surface area contributed by atoms with Crippen LogP contribution in [0.25, 0.3) is 0 Å². The molecule has 1 heterocycles. The third-order valence-corrected chi connectivity index (χ3v) is 8.49. The molecule has 62 heavy (non-hydrogen) atoms. The molecule has 7 N–H and O–H groups in total. The number of hydrazine groups is 1. The van der Waals surface area contributed by atoms with Gasteiger partial charge >= 0.3 is 12.2 Å². The number of unbranched alkanes of at least 4 members (excludes halogenated alkanes) is 6. The first kappa shape index (κ1) is 55.0. The van der Waals surface area contributed by atoms with Gasteiger partial charge in [0.15, 0.2) is 0 Å². The predicted octanol–water partition coefficient (Wildman–Crippen LogP) is 4.44. The number of rotatable bonds is 37. The van der Waals surface area contributed by atoms with Gasteiger partial charge in [-0.05, 0) is 84.3 Å². The van der Waals surface area contributed by atoms with Gasteiger partial charge in [0.1, 0.15) is 18.0 Å². The Kier molecular flexibility index (Phi) is 32.5. The molecule has 19 heteroatoms. The van der Waals surface area contributed by atoms with Crippen LogP contribution in [0.4, 0.5) is 15.4 Å². The van der Waals surface area contributed by atoms with Crippen LogP contribution in [0.2, 0.25) is 0 Å². The molecule has 0 aliphatic heterocycles. The van der Waals surface area contributed by atoms with Crippen molar-refractivity contribution in [3.8, 4) is 0 Å². The smallest absolute Gasteiger partial charge is 0.426 e. The van der Waals surface area contributed by atoms with Gasteiger partial charge in [0.2, 0.25) is 17.7 Å². The molecule has 0 fully saturated rings. The standard InChI is InChI=1S/C43H74N8O11/c1-5-27-61-41(56)48-26-16-29-59-31-33-60-32-30-58-28-15-25-46-39(54)19-10-7-13-23-44-37(52)17-9-6-12-22-45-38(53)18-11-8-14-24-47-40(55)35-20-21-36(49-34-35)50-51-42(57)62-43(2,3)4/h5,20-21,34H,1,6-19,22-33H2,2-4H3,(H,44,52)(H,45,53)(H,46,54)(H,47,55)(H,48,56)(H,49,50)(H,51,57). The van der Waals surface area contributed by atoms with E-state index in [0.717, 1.165) is 57.8 Å². The van der Waals surface area contributed by atoms with Gasteiger partial charge in [-0.15, -0.1) is 0 Å². The first-order valence-corrected chi connectivity index (χ1v) is 21.9. The molecule has 352 valence electrons. The minimum absolute atomic E-state index is 0.00220. The summed E-state index contributed by atoms with van der Waals surface area (Å²) in [6.07, 6.45) is 11.6. The summed E-state index contributed by atoms with van der Waals surface area (Å²) in [5, 5.41) is 14.2. The Balaban J connectivity index is 1.85. The molecule has 0 saturated heterocycles. The van der Waals surface area contributed by atoms with E-state index in [4.69, 9.17) is 23.7 Å². The van der Waals surface area contributed by atoms with E-state index in [0.29, 0.717) is 116 Å². The average Bonchev–Trinajstić information content (AvgIpc) is 3.23. The number of aromatic nitrogens is 1. The average molecular weight is 879 g/mol. The second-order valence-electron chi connectivity index (χ2n) is 15.3. The number of nitrogens with zero attached hydrogens (tertiary/aromatic N) is 1. The third-order valence-electron chi connectivity index (χ3n) is 8.49. The van der Waals surface area contributed by atoms with E-state index in [1.54, 1.807) is 32.9 Å². The quantitative estimate of drug-likeness (QED) is 0.0278. The van der Waals surface area contributed by atoms with Gasteiger partial charge in [0, 0.05) is 71.4 Å². The van der Waals surface area contributed by atoms with Crippen LogP contribution < -0.4 is 37.4 Å². The monoisotopic (exact) mass is 879 g/mol. The highest BCUT2D eigenvalue weighted by atomic mass is 16.6. The van der Waals surface area contributed by atoms with E-state index >= 15 is 0 Å². The van der Waals surface area contributed by atoms with E-state index in [9.17, 15) is 28.8 Å².